The van der Waals surface area contributed by atoms with E-state index < -0.39 is 0 Å². The molecule has 304 valence electrons. The summed E-state index contributed by atoms with van der Waals surface area (Å²) in [5.74, 6) is 0. The van der Waals surface area contributed by atoms with Gasteiger partial charge in [0.05, 0.1) is 22.4 Å². The van der Waals surface area contributed by atoms with Crippen LogP contribution < -0.4 is 4.90 Å². The number of hydrogen-bond donors (Lipinski definition) is 0. The lowest BCUT2D eigenvalue weighted by Crippen LogP contribution is -2.11. The Morgan fingerprint density at radius 1 is 0.323 bits per heavy atom. The molecular weight excluding hydrogens is 789 g/mol. The lowest BCUT2D eigenvalue weighted by Gasteiger charge is -2.29. The number of nitrogens with zero attached hydrogens (tertiary/aromatic N) is 2. The minimum Gasteiger partial charge on any atom is -0.455 e. The van der Waals surface area contributed by atoms with Crippen LogP contribution in [0, 0.1) is 0 Å². The Morgan fingerprint density at radius 3 is 1.71 bits per heavy atom. The molecule has 0 saturated carbocycles. The first-order valence-corrected chi connectivity index (χ1v) is 22.3. The first-order chi connectivity index (χ1) is 32.3. The zero-order valence-corrected chi connectivity index (χ0v) is 35.4. The maximum Gasteiger partial charge on any atom is 0.143 e. The molecule has 2 aromatic heterocycles. The van der Waals surface area contributed by atoms with E-state index in [1.165, 1.54) is 48.9 Å². The molecule has 13 rings (SSSR count). The summed E-state index contributed by atoms with van der Waals surface area (Å²) in [4.78, 5) is 2.43. The number of fused-ring (bicyclic) bond motifs is 9. The molecule has 0 saturated heterocycles. The molecule has 0 aliphatic rings. The van der Waals surface area contributed by atoms with Crippen LogP contribution in [0.4, 0.5) is 17.1 Å². The van der Waals surface area contributed by atoms with Crippen molar-refractivity contribution in [3.8, 4) is 39.1 Å². The predicted octanol–water partition coefficient (Wildman–Crippen LogP) is 17.5. The van der Waals surface area contributed by atoms with Gasteiger partial charge in [-0.05, 0) is 98.9 Å². The van der Waals surface area contributed by atoms with Crippen LogP contribution in [0.15, 0.2) is 247 Å². The highest BCUT2D eigenvalue weighted by Gasteiger charge is 2.22. The second-order valence-corrected chi connectivity index (χ2v) is 16.8. The third-order valence-electron chi connectivity index (χ3n) is 13.2. The fourth-order valence-corrected chi connectivity index (χ4v) is 10.3. The molecule has 11 aromatic carbocycles. The fraction of sp³-hybridized carbons (Fsp3) is 0. The highest BCUT2D eigenvalue weighted by Crippen LogP contribution is 2.46. The summed E-state index contributed by atoms with van der Waals surface area (Å²) >= 11 is 0. The van der Waals surface area contributed by atoms with E-state index in [4.69, 9.17) is 4.42 Å². The summed E-state index contributed by atoms with van der Waals surface area (Å²) in [5, 5.41) is 9.69. The van der Waals surface area contributed by atoms with Crippen molar-refractivity contribution in [1.82, 2.24) is 4.57 Å². The summed E-state index contributed by atoms with van der Waals surface area (Å²) in [6, 6.07) is 87.8. The van der Waals surface area contributed by atoms with Crippen LogP contribution in [-0.4, -0.2) is 4.57 Å². The molecule has 13 aromatic rings. The highest BCUT2D eigenvalue weighted by atomic mass is 16.3. The first kappa shape index (κ1) is 36.9. The molecule has 0 unspecified atom stereocenters. The van der Waals surface area contributed by atoms with Crippen molar-refractivity contribution in [2.24, 2.45) is 0 Å². The van der Waals surface area contributed by atoms with Gasteiger partial charge in [0, 0.05) is 49.6 Å². The lowest BCUT2D eigenvalue weighted by molar-refractivity contribution is 0.670. The van der Waals surface area contributed by atoms with E-state index in [0.29, 0.717) is 0 Å². The van der Waals surface area contributed by atoms with Crippen LogP contribution in [-0.2, 0) is 0 Å². The number of para-hydroxylation sites is 6. The fourth-order valence-electron chi connectivity index (χ4n) is 10.3. The Hall–Kier alpha value is -8.66. The van der Waals surface area contributed by atoms with Crippen molar-refractivity contribution in [2.45, 2.75) is 0 Å². The van der Waals surface area contributed by atoms with E-state index in [9.17, 15) is 0 Å². The van der Waals surface area contributed by atoms with Gasteiger partial charge in [-0.25, -0.2) is 0 Å². The summed E-state index contributed by atoms with van der Waals surface area (Å²) in [5.41, 5.74) is 15.3. The Labute approximate surface area is 376 Å². The van der Waals surface area contributed by atoms with E-state index in [0.717, 1.165) is 72.5 Å². The van der Waals surface area contributed by atoms with Gasteiger partial charge in [-0.3, -0.25) is 0 Å². The molecule has 0 aliphatic heterocycles. The van der Waals surface area contributed by atoms with Gasteiger partial charge >= 0.3 is 0 Å². The van der Waals surface area contributed by atoms with Crippen molar-refractivity contribution in [1.29, 1.82) is 0 Å². The van der Waals surface area contributed by atoms with Gasteiger partial charge in [0.15, 0.2) is 0 Å². The van der Waals surface area contributed by atoms with Crippen molar-refractivity contribution in [3.05, 3.63) is 243 Å². The lowest BCUT2D eigenvalue weighted by atomic mass is 9.92. The van der Waals surface area contributed by atoms with Crippen LogP contribution in [0.3, 0.4) is 0 Å². The summed E-state index contributed by atoms with van der Waals surface area (Å²) in [6.07, 6.45) is 0. The van der Waals surface area contributed by atoms with Gasteiger partial charge in [-0.15, -0.1) is 0 Å². The van der Waals surface area contributed by atoms with E-state index in [2.05, 4.69) is 240 Å². The maximum absolute atomic E-state index is 6.51. The highest BCUT2D eigenvalue weighted by molar-refractivity contribution is 6.15. The zero-order valence-electron chi connectivity index (χ0n) is 35.4. The topological polar surface area (TPSA) is 21.3 Å². The molecule has 0 fully saturated rings. The van der Waals surface area contributed by atoms with E-state index in [1.54, 1.807) is 0 Å². The van der Waals surface area contributed by atoms with E-state index in [-0.39, 0.29) is 0 Å². The average molecular weight is 829 g/mol. The van der Waals surface area contributed by atoms with Crippen LogP contribution in [0.5, 0.6) is 0 Å². The standard InChI is InChI=1S/C62H40N2O/c1-2-20-46-43(17-1)40-56(50-23-4-3-22-49(46)50)53-26-8-11-31-58(53)63(44-37-35-41(36-38-44)48-28-16-29-55-54-27-9-14-34-61(54)65-62(48)55)45-19-15-18-42(39-45)47-21-5-10-30-57(47)64-59-32-12-6-24-51(59)52-25-7-13-33-60(52)64/h1-40H. The molecule has 0 aliphatic carbocycles. The predicted molar refractivity (Wildman–Crippen MR) is 274 cm³/mol. The van der Waals surface area contributed by atoms with Crippen LogP contribution >= 0.6 is 0 Å². The summed E-state index contributed by atoms with van der Waals surface area (Å²) in [7, 11) is 0. The smallest absolute Gasteiger partial charge is 0.143 e. The van der Waals surface area contributed by atoms with E-state index in [1.807, 2.05) is 12.1 Å². The van der Waals surface area contributed by atoms with Gasteiger partial charge in [-0.1, -0.05) is 182 Å². The molecule has 3 heteroatoms. The minimum atomic E-state index is 0.898. The Balaban J connectivity index is 1.01. The van der Waals surface area contributed by atoms with Gasteiger partial charge in [-0.2, -0.15) is 0 Å². The molecular formula is C62H40N2O. The number of rotatable bonds is 7. The third kappa shape index (κ3) is 5.97. The Bertz CT molecular complexity index is 3910. The monoisotopic (exact) mass is 828 g/mol. The van der Waals surface area contributed by atoms with E-state index >= 15 is 0 Å². The van der Waals surface area contributed by atoms with Crippen LogP contribution in [0.25, 0.3) is 104 Å². The second kappa shape index (κ2) is 15.0. The molecule has 0 radical (unpaired) electrons. The second-order valence-electron chi connectivity index (χ2n) is 16.8. The summed E-state index contributed by atoms with van der Waals surface area (Å²) < 4.78 is 8.93. The van der Waals surface area contributed by atoms with Crippen molar-refractivity contribution in [3.63, 3.8) is 0 Å². The number of aromatic nitrogens is 1. The molecule has 0 spiro atoms. The SMILES string of the molecule is c1cc(-c2ccccc2-n2c3ccccc3c3ccccc32)cc(N(c2ccc(-c3cccc4c3oc3ccccc34)cc2)c2ccccc2-c2cc3ccccc3c3ccccc23)c1. The van der Waals surface area contributed by atoms with Gasteiger partial charge in [0.25, 0.3) is 0 Å². The minimum absolute atomic E-state index is 0.898. The maximum atomic E-state index is 6.51. The van der Waals surface area contributed by atoms with Gasteiger partial charge < -0.3 is 13.9 Å². The molecule has 3 nitrogen and oxygen atoms in total. The molecule has 0 atom stereocenters. The molecule has 0 bridgehead atoms. The Kier molecular flexibility index (Phi) is 8.53. The normalized spacial score (nSPS) is 11.7. The Morgan fingerprint density at radius 2 is 0.908 bits per heavy atom. The van der Waals surface area contributed by atoms with Gasteiger partial charge in [0.1, 0.15) is 11.2 Å². The number of benzene rings is 11. The zero-order chi connectivity index (χ0) is 42.8. The van der Waals surface area contributed by atoms with Crippen LogP contribution in [0.1, 0.15) is 0 Å². The van der Waals surface area contributed by atoms with Crippen molar-refractivity contribution < 1.29 is 4.42 Å². The average Bonchev–Trinajstić information content (AvgIpc) is 3.93. The molecule has 2 heterocycles. The largest absolute Gasteiger partial charge is 0.455 e. The number of anilines is 3. The molecule has 0 N–H and O–H groups in total. The van der Waals surface area contributed by atoms with Crippen molar-refractivity contribution in [2.75, 3.05) is 4.90 Å². The van der Waals surface area contributed by atoms with Gasteiger partial charge in [0.2, 0.25) is 0 Å². The molecule has 0 amide bonds. The number of hydrogen-bond acceptors (Lipinski definition) is 2. The summed E-state index contributed by atoms with van der Waals surface area (Å²) in [6.45, 7) is 0. The quantitative estimate of drug-likeness (QED) is 0.149. The van der Waals surface area contributed by atoms with Crippen molar-refractivity contribution >= 4 is 82.4 Å². The third-order valence-corrected chi connectivity index (χ3v) is 13.2. The first-order valence-electron chi connectivity index (χ1n) is 22.3. The van der Waals surface area contributed by atoms with Crippen LogP contribution in [0.2, 0.25) is 0 Å². The molecule has 65 heavy (non-hydrogen) atoms. The number of furan rings is 1.